The van der Waals surface area contributed by atoms with Gasteiger partial charge in [0.15, 0.2) is 0 Å². The molecule has 0 spiro atoms. The normalized spacial score (nSPS) is 10.2. The van der Waals surface area contributed by atoms with Crippen LogP contribution in [0.2, 0.25) is 0 Å². The molecule has 0 aliphatic rings. The molecule has 2 rings (SSSR count). The first-order valence-electron chi connectivity index (χ1n) is 4.49. The summed E-state index contributed by atoms with van der Waals surface area (Å²) in [4.78, 5) is 19.5. The summed E-state index contributed by atoms with van der Waals surface area (Å²) in [6.45, 7) is 0. The van der Waals surface area contributed by atoms with E-state index in [1.54, 1.807) is 6.20 Å². The lowest BCUT2D eigenvalue weighted by Crippen LogP contribution is -2.31. The second-order valence-electron chi connectivity index (χ2n) is 3.09. The van der Waals surface area contributed by atoms with Gasteiger partial charge in [0.2, 0.25) is 5.91 Å². The molecule has 0 saturated heterocycles. The predicted molar refractivity (Wildman–Crippen MR) is 55.6 cm³/mol. The summed E-state index contributed by atoms with van der Waals surface area (Å²) in [5.74, 6) is 4.71. The van der Waals surface area contributed by atoms with Crippen molar-refractivity contribution in [2.24, 2.45) is 5.84 Å². The maximum absolute atomic E-state index is 11.0. The van der Waals surface area contributed by atoms with E-state index in [0.717, 1.165) is 11.0 Å². The molecule has 0 aliphatic heterocycles. The molecular formula is C10H10N4O. The minimum absolute atomic E-state index is 0.147. The first-order chi connectivity index (χ1) is 7.29. The molecule has 1 amide bonds. The Hall–Kier alpha value is -2.01. The predicted octanol–water partition coefficient (Wildman–Crippen LogP) is 0.162. The largest absolute Gasteiger partial charge is 0.294 e. The Balaban J connectivity index is 2.34. The van der Waals surface area contributed by atoms with Crippen LogP contribution in [0.3, 0.4) is 0 Å². The Morgan fingerprint density at radius 2 is 2.07 bits per heavy atom. The number of hydrogen-bond acceptors (Lipinski definition) is 4. The van der Waals surface area contributed by atoms with E-state index >= 15 is 0 Å². The molecule has 1 aromatic carbocycles. The van der Waals surface area contributed by atoms with E-state index < -0.39 is 0 Å². The molecule has 1 heterocycles. The van der Waals surface area contributed by atoms with E-state index in [9.17, 15) is 4.79 Å². The number of aromatic nitrogens is 2. The van der Waals surface area contributed by atoms with Gasteiger partial charge in [-0.1, -0.05) is 12.1 Å². The Bertz CT molecular complexity index is 498. The molecule has 0 bridgehead atoms. The summed E-state index contributed by atoms with van der Waals surface area (Å²) in [6, 6.07) is 7.49. The molecule has 76 valence electrons. The van der Waals surface area contributed by atoms with Gasteiger partial charge < -0.3 is 0 Å². The van der Waals surface area contributed by atoms with Crippen LogP contribution in [0.5, 0.6) is 0 Å². The third-order valence-corrected chi connectivity index (χ3v) is 2.00. The summed E-state index contributed by atoms with van der Waals surface area (Å²) in [7, 11) is 0. The molecule has 1 aromatic heterocycles. The number of carbonyl (C=O) groups excluding carboxylic acids is 1. The summed E-state index contributed by atoms with van der Waals surface area (Å²) >= 11 is 0. The summed E-state index contributed by atoms with van der Waals surface area (Å²) in [5, 5.41) is 0. The topological polar surface area (TPSA) is 80.9 Å². The highest BCUT2D eigenvalue weighted by Gasteiger charge is 2.04. The highest BCUT2D eigenvalue weighted by Crippen LogP contribution is 2.08. The van der Waals surface area contributed by atoms with Crippen LogP contribution < -0.4 is 11.3 Å². The van der Waals surface area contributed by atoms with E-state index in [2.05, 4.69) is 15.4 Å². The van der Waals surface area contributed by atoms with Crippen molar-refractivity contribution in [1.82, 2.24) is 15.4 Å². The number of hydrogen-bond donors (Lipinski definition) is 2. The van der Waals surface area contributed by atoms with Gasteiger partial charge >= 0.3 is 0 Å². The monoisotopic (exact) mass is 202 g/mol. The van der Waals surface area contributed by atoms with Gasteiger partial charge in [-0.3, -0.25) is 15.2 Å². The third kappa shape index (κ3) is 2.08. The maximum Gasteiger partial charge on any atom is 0.239 e. The average Bonchev–Trinajstić information content (AvgIpc) is 2.29. The molecule has 0 radical (unpaired) electrons. The van der Waals surface area contributed by atoms with Crippen molar-refractivity contribution in [2.75, 3.05) is 0 Å². The number of para-hydroxylation sites is 2. The van der Waals surface area contributed by atoms with E-state index in [4.69, 9.17) is 5.84 Å². The number of nitrogens with two attached hydrogens (primary N) is 1. The number of rotatable bonds is 2. The summed E-state index contributed by atoms with van der Waals surface area (Å²) < 4.78 is 0. The molecule has 0 saturated carbocycles. The Labute approximate surface area is 86.3 Å². The van der Waals surface area contributed by atoms with Crippen molar-refractivity contribution >= 4 is 16.9 Å². The van der Waals surface area contributed by atoms with Crippen LogP contribution in [-0.2, 0) is 11.2 Å². The average molecular weight is 202 g/mol. The lowest BCUT2D eigenvalue weighted by Gasteiger charge is -2.00. The second kappa shape index (κ2) is 4.02. The van der Waals surface area contributed by atoms with Crippen LogP contribution in [0.1, 0.15) is 5.69 Å². The fourth-order valence-corrected chi connectivity index (χ4v) is 1.30. The lowest BCUT2D eigenvalue weighted by molar-refractivity contribution is -0.120. The molecule has 2 aromatic rings. The van der Waals surface area contributed by atoms with Gasteiger partial charge in [-0.05, 0) is 12.1 Å². The number of carbonyl (C=O) groups is 1. The minimum atomic E-state index is -0.278. The molecule has 5 heteroatoms. The number of amides is 1. The van der Waals surface area contributed by atoms with E-state index in [0.29, 0.717) is 5.69 Å². The van der Waals surface area contributed by atoms with Crippen LogP contribution in [0.4, 0.5) is 0 Å². The van der Waals surface area contributed by atoms with Crippen LogP contribution in [0.25, 0.3) is 11.0 Å². The van der Waals surface area contributed by atoms with Crippen LogP contribution in [0, 0.1) is 0 Å². The van der Waals surface area contributed by atoms with Gasteiger partial charge in [-0.25, -0.2) is 10.8 Å². The Kier molecular flexibility index (Phi) is 2.55. The first kappa shape index (κ1) is 9.54. The Morgan fingerprint density at radius 1 is 1.33 bits per heavy atom. The van der Waals surface area contributed by atoms with Crippen molar-refractivity contribution < 1.29 is 4.79 Å². The SMILES string of the molecule is NNC(=O)Cc1cnc2ccccc2n1. The number of fused-ring (bicyclic) bond motifs is 1. The van der Waals surface area contributed by atoms with Crippen LogP contribution in [0.15, 0.2) is 30.5 Å². The standard InChI is InChI=1S/C10H10N4O/c11-14-10(15)5-7-6-12-8-3-1-2-4-9(8)13-7/h1-4,6H,5,11H2,(H,14,15). The number of hydrazine groups is 1. The number of nitrogens with zero attached hydrogens (tertiary/aromatic N) is 2. The molecule has 3 N–H and O–H groups in total. The summed E-state index contributed by atoms with van der Waals surface area (Å²) in [5.41, 5.74) is 4.25. The van der Waals surface area contributed by atoms with Crippen LogP contribution in [-0.4, -0.2) is 15.9 Å². The van der Waals surface area contributed by atoms with Crippen molar-refractivity contribution in [1.29, 1.82) is 0 Å². The molecular weight excluding hydrogens is 192 g/mol. The number of benzene rings is 1. The zero-order valence-electron chi connectivity index (χ0n) is 7.97. The smallest absolute Gasteiger partial charge is 0.239 e. The second-order valence-corrected chi connectivity index (χ2v) is 3.09. The van der Waals surface area contributed by atoms with Gasteiger partial charge in [-0.2, -0.15) is 0 Å². The molecule has 0 aliphatic carbocycles. The summed E-state index contributed by atoms with van der Waals surface area (Å²) in [6.07, 6.45) is 1.73. The van der Waals surface area contributed by atoms with E-state index in [-0.39, 0.29) is 12.3 Å². The maximum atomic E-state index is 11.0. The Morgan fingerprint density at radius 3 is 2.80 bits per heavy atom. The third-order valence-electron chi connectivity index (χ3n) is 2.00. The fraction of sp³-hybridized carbons (Fsp3) is 0.100. The zero-order chi connectivity index (χ0) is 10.7. The quantitative estimate of drug-likeness (QED) is 0.413. The molecule has 0 unspecified atom stereocenters. The minimum Gasteiger partial charge on any atom is -0.294 e. The van der Waals surface area contributed by atoms with Gasteiger partial charge in [0.25, 0.3) is 0 Å². The van der Waals surface area contributed by atoms with Gasteiger partial charge in [-0.15, -0.1) is 0 Å². The molecule has 0 fully saturated rings. The number of nitrogens with one attached hydrogen (secondary N) is 1. The molecule has 0 atom stereocenters. The van der Waals surface area contributed by atoms with E-state index in [1.165, 1.54) is 0 Å². The van der Waals surface area contributed by atoms with Gasteiger partial charge in [0, 0.05) is 6.20 Å². The highest BCUT2D eigenvalue weighted by atomic mass is 16.2. The van der Waals surface area contributed by atoms with Gasteiger partial charge in [0.05, 0.1) is 23.1 Å². The lowest BCUT2D eigenvalue weighted by atomic mass is 10.2. The zero-order valence-corrected chi connectivity index (χ0v) is 7.97. The van der Waals surface area contributed by atoms with Crippen LogP contribution >= 0.6 is 0 Å². The van der Waals surface area contributed by atoms with Crippen molar-refractivity contribution in [3.05, 3.63) is 36.2 Å². The van der Waals surface area contributed by atoms with Crippen molar-refractivity contribution in [3.63, 3.8) is 0 Å². The van der Waals surface area contributed by atoms with E-state index in [1.807, 2.05) is 24.3 Å². The van der Waals surface area contributed by atoms with Gasteiger partial charge in [0.1, 0.15) is 0 Å². The molecule has 15 heavy (non-hydrogen) atoms. The molecule has 5 nitrogen and oxygen atoms in total. The van der Waals surface area contributed by atoms with Crippen molar-refractivity contribution in [3.8, 4) is 0 Å². The fourth-order valence-electron chi connectivity index (χ4n) is 1.30. The first-order valence-corrected chi connectivity index (χ1v) is 4.49. The van der Waals surface area contributed by atoms with Crippen molar-refractivity contribution in [2.45, 2.75) is 6.42 Å². The highest BCUT2D eigenvalue weighted by molar-refractivity contribution is 5.79.